The van der Waals surface area contributed by atoms with Gasteiger partial charge in [0.1, 0.15) is 11.5 Å². The quantitative estimate of drug-likeness (QED) is 0.544. The molecule has 156 valence electrons. The maximum Gasteiger partial charge on any atom is 0.258 e. The Morgan fingerprint density at radius 2 is 1.77 bits per heavy atom. The number of hydrogen-bond donors (Lipinski definition) is 2. The molecule has 0 aliphatic rings. The Balaban J connectivity index is 1.45. The van der Waals surface area contributed by atoms with Crippen molar-refractivity contribution in [3.63, 3.8) is 0 Å². The van der Waals surface area contributed by atoms with E-state index in [4.69, 9.17) is 9.47 Å². The first-order valence-corrected chi connectivity index (χ1v) is 10.9. The highest BCUT2D eigenvalue weighted by Gasteiger charge is 2.06. The van der Waals surface area contributed by atoms with E-state index in [0.29, 0.717) is 23.1 Å². The van der Waals surface area contributed by atoms with Crippen LogP contribution in [0.5, 0.6) is 17.4 Å². The van der Waals surface area contributed by atoms with Crippen LogP contribution in [0.2, 0.25) is 0 Å². The summed E-state index contributed by atoms with van der Waals surface area (Å²) in [6.45, 7) is 0.0973. The van der Waals surface area contributed by atoms with Crippen molar-refractivity contribution in [1.82, 2.24) is 10.3 Å². The van der Waals surface area contributed by atoms with Gasteiger partial charge in [0, 0.05) is 24.5 Å². The van der Waals surface area contributed by atoms with Gasteiger partial charge in [-0.15, -0.1) is 0 Å². The zero-order valence-corrected chi connectivity index (χ0v) is 17.1. The van der Waals surface area contributed by atoms with E-state index in [0.717, 1.165) is 11.8 Å². The second kappa shape index (κ2) is 9.75. The Morgan fingerprint density at radius 1 is 1.00 bits per heavy atom. The molecule has 1 amide bonds. The third kappa shape index (κ3) is 7.10. The number of hydrogen-bond acceptors (Lipinski definition) is 6. The summed E-state index contributed by atoms with van der Waals surface area (Å²) in [5.74, 6) is 1.32. The van der Waals surface area contributed by atoms with Crippen molar-refractivity contribution >= 4 is 21.6 Å². The van der Waals surface area contributed by atoms with Gasteiger partial charge in [-0.2, -0.15) is 0 Å². The lowest BCUT2D eigenvalue weighted by Crippen LogP contribution is -2.28. The van der Waals surface area contributed by atoms with Crippen LogP contribution in [0.4, 0.5) is 5.69 Å². The van der Waals surface area contributed by atoms with Crippen LogP contribution in [0.25, 0.3) is 0 Å². The molecule has 1 aromatic heterocycles. The van der Waals surface area contributed by atoms with Crippen LogP contribution in [0.15, 0.2) is 72.9 Å². The number of amides is 1. The van der Waals surface area contributed by atoms with E-state index in [1.54, 1.807) is 66.9 Å². The molecule has 2 N–H and O–H groups in total. The Kier molecular flexibility index (Phi) is 6.87. The van der Waals surface area contributed by atoms with Gasteiger partial charge in [-0.05, 0) is 48.0 Å². The van der Waals surface area contributed by atoms with E-state index in [9.17, 15) is 13.2 Å². The van der Waals surface area contributed by atoms with Crippen molar-refractivity contribution < 1.29 is 22.7 Å². The van der Waals surface area contributed by atoms with Crippen LogP contribution in [0.1, 0.15) is 5.56 Å². The number of ether oxygens (including phenoxy) is 2. The second-order valence-electron chi connectivity index (χ2n) is 6.38. The fourth-order valence-corrected chi connectivity index (χ4v) is 3.05. The van der Waals surface area contributed by atoms with E-state index < -0.39 is 10.0 Å². The van der Waals surface area contributed by atoms with Crippen LogP contribution in [-0.4, -0.2) is 32.2 Å². The molecule has 0 bridgehead atoms. The summed E-state index contributed by atoms with van der Waals surface area (Å²) in [5, 5.41) is 2.73. The van der Waals surface area contributed by atoms with Gasteiger partial charge in [-0.1, -0.05) is 18.2 Å². The third-order valence-corrected chi connectivity index (χ3v) is 4.38. The SMILES string of the molecule is CS(=O)(=O)Nc1cccc(CNC(=O)COc2ccc(Oc3ccccn3)cc2)c1. The lowest BCUT2D eigenvalue weighted by molar-refractivity contribution is -0.123. The fourth-order valence-electron chi connectivity index (χ4n) is 2.49. The zero-order valence-electron chi connectivity index (χ0n) is 16.2. The number of nitrogens with one attached hydrogen (secondary N) is 2. The molecule has 0 saturated heterocycles. The van der Waals surface area contributed by atoms with E-state index in [2.05, 4.69) is 15.0 Å². The highest BCUT2D eigenvalue weighted by Crippen LogP contribution is 2.22. The van der Waals surface area contributed by atoms with E-state index in [1.165, 1.54) is 0 Å². The number of sulfonamides is 1. The van der Waals surface area contributed by atoms with Crippen LogP contribution >= 0.6 is 0 Å². The van der Waals surface area contributed by atoms with Gasteiger partial charge in [0.05, 0.1) is 6.26 Å². The number of carbonyl (C=O) groups is 1. The predicted octanol–water partition coefficient (Wildman–Crippen LogP) is 2.94. The molecular formula is C21H21N3O5S. The molecule has 0 spiro atoms. The van der Waals surface area contributed by atoms with Crippen LogP contribution < -0.4 is 19.5 Å². The molecule has 8 nitrogen and oxygen atoms in total. The Labute approximate surface area is 174 Å². The number of anilines is 1. The van der Waals surface area contributed by atoms with Gasteiger partial charge in [0.25, 0.3) is 5.91 Å². The minimum atomic E-state index is -3.36. The van der Waals surface area contributed by atoms with Gasteiger partial charge in [0.15, 0.2) is 6.61 Å². The third-order valence-electron chi connectivity index (χ3n) is 3.77. The predicted molar refractivity (Wildman–Crippen MR) is 113 cm³/mol. The number of carbonyl (C=O) groups excluding carboxylic acids is 1. The lowest BCUT2D eigenvalue weighted by atomic mass is 10.2. The summed E-state index contributed by atoms with van der Waals surface area (Å²) < 4.78 is 36.1. The molecule has 0 unspecified atom stereocenters. The monoisotopic (exact) mass is 427 g/mol. The summed E-state index contributed by atoms with van der Waals surface area (Å²) >= 11 is 0. The molecule has 30 heavy (non-hydrogen) atoms. The van der Waals surface area contributed by atoms with Crippen molar-refractivity contribution in [2.45, 2.75) is 6.54 Å². The molecule has 0 fully saturated rings. The highest BCUT2D eigenvalue weighted by atomic mass is 32.2. The minimum Gasteiger partial charge on any atom is -0.484 e. The largest absolute Gasteiger partial charge is 0.484 e. The average Bonchev–Trinajstić information content (AvgIpc) is 2.71. The summed E-state index contributed by atoms with van der Waals surface area (Å²) in [7, 11) is -3.36. The topological polar surface area (TPSA) is 107 Å². The van der Waals surface area contributed by atoms with Crippen molar-refractivity contribution in [3.05, 3.63) is 78.5 Å². The standard InChI is InChI=1S/C21H21N3O5S/c1-30(26,27)24-17-6-4-5-16(13-17)14-23-20(25)15-28-18-8-10-19(11-9-18)29-21-7-2-3-12-22-21/h2-13,24H,14-15H2,1H3,(H,23,25). The normalized spacial score (nSPS) is 10.8. The van der Waals surface area contributed by atoms with Crippen molar-refractivity contribution in [2.24, 2.45) is 0 Å². The zero-order chi connectivity index (χ0) is 21.4. The Bertz CT molecular complexity index is 1090. The minimum absolute atomic E-state index is 0.151. The van der Waals surface area contributed by atoms with Gasteiger partial charge in [-0.3, -0.25) is 9.52 Å². The highest BCUT2D eigenvalue weighted by molar-refractivity contribution is 7.92. The van der Waals surface area contributed by atoms with Crippen LogP contribution in [0, 0.1) is 0 Å². The first-order chi connectivity index (χ1) is 14.4. The van der Waals surface area contributed by atoms with Crippen molar-refractivity contribution in [3.8, 4) is 17.4 Å². The molecule has 3 rings (SSSR count). The molecule has 2 aromatic carbocycles. The summed E-state index contributed by atoms with van der Waals surface area (Å²) in [6, 6.07) is 19.0. The first-order valence-electron chi connectivity index (χ1n) is 9.02. The van der Waals surface area contributed by atoms with Crippen LogP contribution in [0.3, 0.4) is 0 Å². The Hall–Kier alpha value is -3.59. The van der Waals surface area contributed by atoms with E-state index >= 15 is 0 Å². The van der Waals surface area contributed by atoms with Crippen molar-refractivity contribution in [1.29, 1.82) is 0 Å². The number of nitrogens with zero attached hydrogens (tertiary/aromatic N) is 1. The lowest BCUT2D eigenvalue weighted by Gasteiger charge is -2.10. The molecule has 0 aliphatic heterocycles. The number of aromatic nitrogens is 1. The molecule has 3 aromatic rings. The summed E-state index contributed by atoms with van der Waals surface area (Å²) in [6.07, 6.45) is 2.72. The van der Waals surface area contributed by atoms with Gasteiger partial charge in [0.2, 0.25) is 15.9 Å². The summed E-state index contributed by atoms with van der Waals surface area (Å²) in [5.41, 5.74) is 1.20. The maximum absolute atomic E-state index is 12.0. The van der Waals surface area contributed by atoms with Gasteiger partial charge in [-0.25, -0.2) is 13.4 Å². The number of benzene rings is 2. The maximum atomic E-state index is 12.0. The molecule has 0 aliphatic carbocycles. The van der Waals surface area contributed by atoms with Gasteiger partial charge >= 0.3 is 0 Å². The second-order valence-corrected chi connectivity index (χ2v) is 8.13. The van der Waals surface area contributed by atoms with Crippen molar-refractivity contribution in [2.75, 3.05) is 17.6 Å². The fraction of sp³-hybridized carbons (Fsp3) is 0.143. The van der Waals surface area contributed by atoms with Gasteiger partial charge < -0.3 is 14.8 Å². The molecular weight excluding hydrogens is 406 g/mol. The molecule has 0 saturated carbocycles. The molecule has 0 radical (unpaired) electrons. The molecule has 0 atom stereocenters. The van der Waals surface area contributed by atoms with Crippen LogP contribution in [-0.2, 0) is 21.4 Å². The van der Waals surface area contributed by atoms with E-state index in [1.807, 2.05) is 6.07 Å². The number of pyridine rings is 1. The Morgan fingerprint density at radius 3 is 2.47 bits per heavy atom. The summed E-state index contributed by atoms with van der Waals surface area (Å²) in [4.78, 5) is 16.1. The smallest absolute Gasteiger partial charge is 0.258 e. The molecule has 9 heteroatoms. The molecule has 1 heterocycles. The first kappa shape index (κ1) is 21.1. The van der Waals surface area contributed by atoms with E-state index in [-0.39, 0.29) is 19.1 Å². The number of rotatable bonds is 9. The average molecular weight is 427 g/mol.